The van der Waals surface area contributed by atoms with Crippen LogP contribution in [0.15, 0.2) is 30.3 Å². The highest BCUT2D eigenvalue weighted by molar-refractivity contribution is 6.07. The highest BCUT2D eigenvalue weighted by Crippen LogP contribution is 2.32. The van der Waals surface area contributed by atoms with E-state index in [1.54, 1.807) is 0 Å². The Labute approximate surface area is 132 Å². The first-order chi connectivity index (χ1) is 10.6. The summed E-state index contributed by atoms with van der Waals surface area (Å²) in [5, 5.41) is 2.91. The number of hydrogen-bond donors (Lipinski definition) is 1. The normalized spacial score (nSPS) is 21.5. The number of nitrogens with zero attached hydrogens (tertiary/aromatic N) is 2. The predicted molar refractivity (Wildman–Crippen MR) is 86.4 cm³/mol. The second-order valence-electron chi connectivity index (χ2n) is 5.54. The van der Waals surface area contributed by atoms with Crippen LogP contribution in [0.2, 0.25) is 0 Å². The third-order valence-corrected chi connectivity index (χ3v) is 4.51. The fourth-order valence-electron chi connectivity index (χ4n) is 2.97. The molecule has 1 N–H and O–H groups in total. The van der Waals surface area contributed by atoms with Crippen molar-refractivity contribution in [1.82, 2.24) is 15.1 Å². The first-order valence-electron chi connectivity index (χ1n) is 8.01. The van der Waals surface area contributed by atoms with Crippen molar-refractivity contribution >= 4 is 11.9 Å². The molecule has 0 saturated carbocycles. The molecule has 1 heterocycles. The van der Waals surface area contributed by atoms with Crippen molar-refractivity contribution in [3.63, 3.8) is 0 Å². The Balaban J connectivity index is 2.20. The number of likely N-dealkylation sites (N-methyl/N-ethyl adjacent to an activating group) is 1. The Morgan fingerprint density at radius 2 is 1.73 bits per heavy atom. The van der Waals surface area contributed by atoms with Crippen molar-refractivity contribution in [2.45, 2.75) is 32.7 Å². The second kappa shape index (κ2) is 6.92. The molecule has 1 fully saturated rings. The van der Waals surface area contributed by atoms with Crippen LogP contribution in [0.1, 0.15) is 32.8 Å². The summed E-state index contributed by atoms with van der Waals surface area (Å²) >= 11 is 0. The quantitative estimate of drug-likeness (QED) is 0.786. The molecule has 0 bridgehead atoms. The fraction of sp³-hybridized carbons (Fsp3) is 0.529. The minimum absolute atomic E-state index is 0.140. The van der Waals surface area contributed by atoms with Gasteiger partial charge in [-0.25, -0.2) is 4.79 Å². The lowest BCUT2D eigenvalue weighted by Crippen LogP contribution is -2.44. The summed E-state index contributed by atoms with van der Waals surface area (Å²) in [6.45, 7) is 9.06. The minimum atomic E-state index is -0.915. The number of hydrogen-bond acceptors (Lipinski definition) is 3. The number of benzene rings is 1. The van der Waals surface area contributed by atoms with Gasteiger partial charge in [-0.05, 0) is 25.1 Å². The van der Waals surface area contributed by atoms with Gasteiger partial charge in [0.1, 0.15) is 5.54 Å². The molecule has 1 aliphatic heterocycles. The smallest absolute Gasteiger partial charge is 0.319 e. The molecule has 2 rings (SSSR count). The number of nitrogens with one attached hydrogen (secondary N) is 1. The third kappa shape index (κ3) is 2.86. The van der Waals surface area contributed by atoms with E-state index in [0.717, 1.165) is 18.7 Å². The molecule has 1 saturated heterocycles. The van der Waals surface area contributed by atoms with Gasteiger partial charge >= 0.3 is 6.03 Å². The van der Waals surface area contributed by atoms with E-state index in [9.17, 15) is 9.59 Å². The van der Waals surface area contributed by atoms with E-state index in [2.05, 4.69) is 24.1 Å². The highest BCUT2D eigenvalue weighted by atomic mass is 16.2. The summed E-state index contributed by atoms with van der Waals surface area (Å²) in [6.07, 6.45) is 0.545. The van der Waals surface area contributed by atoms with Crippen LogP contribution < -0.4 is 5.32 Å². The van der Waals surface area contributed by atoms with Crippen LogP contribution in [-0.4, -0.2) is 47.9 Å². The van der Waals surface area contributed by atoms with Crippen LogP contribution >= 0.6 is 0 Å². The first kappa shape index (κ1) is 16.5. The molecule has 1 aliphatic rings. The van der Waals surface area contributed by atoms with Gasteiger partial charge in [-0.3, -0.25) is 9.69 Å². The van der Waals surface area contributed by atoms with Gasteiger partial charge in [-0.1, -0.05) is 51.1 Å². The summed E-state index contributed by atoms with van der Waals surface area (Å²) in [7, 11) is 0. The molecule has 1 atom stereocenters. The summed E-state index contributed by atoms with van der Waals surface area (Å²) in [5.74, 6) is -0.140. The van der Waals surface area contributed by atoms with Crippen LogP contribution in [-0.2, 0) is 10.3 Å². The van der Waals surface area contributed by atoms with Crippen LogP contribution in [0, 0.1) is 0 Å². The molecule has 1 aromatic carbocycles. The average Bonchev–Trinajstić information content (AvgIpc) is 2.81. The Hall–Kier alpha value is -1.88. The monoisotopic (exact) mass is 303 g/mol. The average molecular weight is 303 g/mol. The maximum absolute atomic E-state index is 12.9. The molecule has 1 unspecified atom stereocenters. The number of carbonyl (C=O) groups is 2. The topological polar surface area (TPSA) is 52.6 Å². The Bertz CT molecular complexity index is 528. The summed E-state index contributed by atoms with van der Waals surface area (Å²) < 4.78 is 0. The third-order valence-electron chi connectivity index (χ3n) is 4.51. The Morgan fingerprint density at radius 3 is 2.27 bits per heavy atom. The van der Waals surface area contributed by atoms with Gasteiger partial charge in [0.15, 0.2) is 0 Å². The molecule has 22 heavy (non-hydrogen) atoms. The molecule has 0 radical (unpaired) electrons. The second-order valence-corrected chi connectivity index (χ2v) is 5.54. The lowest BCUT2D eigenvalue weighted by atomic mass is 9.87. The van der Waals surface area contributed by atoms with Crippen molar-refractivity contribution in [2.75, 3.05) is 26.2 Å². The molecule has 120 valence electrons. The van der Waals surface area contributed by atoms with Gasteiger partial charge in [-0.2, -0.15) is 0 Å². The van der Waals surface area contributed by atoms with E-state index < -0.39 is 5.54 Å². The first-order valence-corrected chi connectivity index (χ1v) is 8.01. The van der Waals surface area contributed by atoms with Crippen molar-refractivity contribution in [3.05, 3.63) is 35.9 Å². The van der Waals surface area contributed by atoms with E-state index in [1.165, 1.54) is 4.90 Å². The molecule has 3 amide bonds. The molecule has 0 spiro atoms. The molecule has 0 aromatic heterocycles. The van der Waals surface area contributed by atoms with E-state index in [0.29, 0.717) is 19.5 Å². The Morgan fingerprint density at radius 1 is 1.09 bits per heavy atom. The van der Waals surface area contributed by atoms with Gasteiger partial charge in [0, 0.05) is 13.1 Å². The summed E-state index contributed by atoms with van der Waals surface area (Å²) in [4.78, 5) is 28.7. The van der Waals surface area contributed by atoms with Crippen LogP contribution in [0.5, 0.6) is 0 Å². The SMILES string of the molecule is CCN(CC)CCN1C(=O)NC(CC)(c2ccccc2)C1=O. The number of amides is 3. The van der Waals surface area contributed by atoms with Crippen LogP contribution in [0.3, 0.4) is 0 Å². The number of rotatable bonds is 7. The zero-order valence-corrected chi connectivity index (χ0v) is 13.6. The van der Waals surface area contributed by atoms with Crippen molar-refractivity contribution in [2.24, 2.45) is 0 Å². The van der Waals surface area contributed by atoms with E-state index >= 15 is 0 Å². The van der Waals surface area contributed by atoms with Gasteiger partial charge in [0.2, 0.25) is 0 Å². The highest BCUT2D eigenvalue weighted by Gasteiger charge is 2.50. The van der Waals surface area contributed by atoms with E-state index in [1.807, 2.05) is 37.3 Å². The van der Waals surface area contributed by atoms with Crippen molar-refractivity contribution in [1.29, 1.82) is 0 Å². The maximum atomic E-state index is 12.9. The van der Waals surface area contributed by atoms with Gasteiger partial charge in [0.05, 0.1) is 0 Å². The number of carbonyl (C=O) groups excluding carboxylic acids is 2. The molecular weight excluding hydrogens is 278 g/mol. The molecule has 1 aromatic rings. The largest absolute Gasteiger partial charge is 0.325 e. The fourth-order valence-corrected chi connectivity index (χ4v) is 2.97. The molecular formula is C17H25N3O2. The van der Waals surface area contributed by atoms with Crippen molar-refractivity contribution in [3.8, 4) is 0 Å². The summed E-state index contributed by atoms with van der Waals surface area (Å²) in [6, 6.07) is 9.20. The molecule has 0 aliphatic carbocycles. The van der Waals surface area contributed by atoms with E-state index in [4.69, 9.17) is 0 Å². The van der Waals surface area contributed by atoms with Crippen LogP contribution in [0.4, 0.5) is 4.79 Å². The zero-order chi connectivity index (χ0) is 16.2. The maximum Gasteiger partial charge on any atom is 0.325 e. The lowest BCUT2D eigenvalue weighted by Gasteiger charge is -2.26. The van der Waals surface area contributed by atoms with E-state index in [-0.39, 0.29) is 11.9 Å². The van der Waals surface area contributed by atoms with Crippen LogP contribution in [0.25, 0.3) is 0 Å². The lowest BCUT2D eigenvalue weighted by molar-refractivity contribution is -0.131. The standard InChI is InChI=1S/C17H25N3O2/c1-4-17(14-10-8-7-9-11-14)15(21)20(16(22)18-17)13-12-19(5-2)6-3/h7-11H,4-6,12-13H2,1-3H3,(H,18,22). The Kier molecular flexibility index (Phi) is 5.19. The van der Waals surface area contributed by atoms with Gasteiger partial charge < -0.3 is 10.2 Å². The predicted octanol–water partition coefficient (Wildman–Crippen LogP) is 2.19. The number of urea groups is 1. The minimum Gasteiger partial charge on any atom is -0.319 e. The van der Waals surface area contributed by atoms with Crippen molar-refractivity contribution < 1.29 is 9.59 Å². The zero-order valence-electron chi connectivity index (χ0n) is 13.6. The molecule has 5 heteroatoms. The summed E-state index contributed by atoms with van der Waals surface area (Å²) in [5.41, 5.74) is -0.0668. The van der Waals surface area contributed by atoms with Gasteiger partial charge in [0.25, 0.3) is 5.91 Å². The molecule has 5 nitrogen and oxygen atoms in total. The van der Waals surface area contributed by atoms with Gasteiger partial charge in [-0.15, -0.1) is 0 Å². The number of imide groups is 1.